The number of rotatable bonds is 2. The van der Waals surface area contributed by atoms with Crippen LogP contribution in [0.5, 0.6) is 0 Å². The van der Waals surface area contributed by atoms with Gasteiger partial charge in [0.25, 0.3) is 5.91 Å². The van der Waals surface area contributed by atoms with Crippen LogP contribution in [-0.4, -0.2) is 27.9 Å². The Hall–Kier alpha value is -3.78. The van der Waals surface area contributed by atoms with Crippen molar-refractivity contribution in [2.75, 3.05) is 4.90 Å². The number of anilines is 1. The molecule has 1 N–H and O–H groups in total. The second-order valence-corrected chi connectivity index (χ2v) is 9.53. The van der Waals surface area contributed by atoms with Crippen LogP contribution in [0.4, 0.5) is 23.7 Å². The van der Waals surface area contributed by atoms with Crippen molar-refractivity contribution in [3.05, 3.63) is 99.7 Å². The molecule has 3 heterocycles. The largest absolute Gasteiger partial charge is 0.416 e. The molecule has 0 saturated carbocycles. The van der Waals surface area contributed by atoms with Crippen LogP contribution >= 0.6 is 11.6 Å². The van der Waals surface area contributed by atoms with Gasteiger partial charge in [-0.25, -0.2) is 9.69 Å². The molecule has 1 aromatic heterocycles. The van der Waals surface area contributed by atoms with E-state index < -0.39 is 35.8 Å². The Kier molecular flexibility index (Phi) is 4.95. The lowest BCUT2D eigenvalue weighted by molar-refractivity contribution is -0.137. The molecule has 2 aliphatic heterocycles. The number of imide groups is 1. The highest BCUT2D eigenvalue weighted by atomic mass is 35.5. The van der Waals surface area contributed by atoms with E-state index in [-0.39, 0.29) is 17.1 Å². The minimum Gasteiger partial charge on any atom is -0.356 e. The molecule has 0 bridgehead atoms. The van der Waals surface area contributed by atoms with Gasteiger partial charge in [0.2, 0.25) is 0 Å². The monoisotopic (exact) mass is 509 g/mol. The Morgan fingerprint density at radius 2 is 1.72 bits per heavy atom. The van der Waals surface area contributed by atoms with E-state index in [2.05, 4.69) is 4.98 Å². The van der Waals surface area contributed by atoms with Crippen molar-refractivity contribution >= 4 is 40.1 Å². The molecule has 1 saturated heterocycles. The van der Waals surface area contributed by atoms with Gasteiger partial charge in [0.1, 0.15) is 12.1 Å². The lowest BCUT2D eigenvalue weighted by atomic mass is 9.88. The van der Waals surface area contributed by atoms with Crippen LogP contribution in [0.1, 0.15) is 34.0 Å². The highest BCUT2D eigenvalue weighted by Gasteiger charge is 2.53. The fraction of sp³-hybridized carbons (Fsp3) is 0.185. The molecular formula is C27H19ClF3N3O2. The van der Waals surface area contributed by atoms with E-state index in [1.807, 2.05) is 55.5 Å². The number of benzene rings is 3. The number of para-hydroxylation sites is 1. The first-order valence-electron chi connectivity index (χ1n) is 11.3. The molecular weight excluding hydrogens is 491 g/mol. The normalized spacial score (nSPS) is 19.7. The predicted molar refractivity (Wildman–Crippen MR) is 130 cm³/mol. The van der Waals surface area contributed by atoms with E-state index >= 15 is 0 Å². The van der Waals surface area contributed by atoms with Gasteiger partial charge in [0.05, 0.1) is 16.3 Å². The van der Waals surface area contributed by atoms with Gasteiger partial charge >= 0.3 is 12.2 Å². The molecule has 0 unspecified atom stereocenters. The van der Waals surface area contributed by atoms with Crippen molar-refractivity contribution in [1.29, 1.82) is 0 Å². The molecule has 0 spiro atoms. The quantitative estimate of drug-likeness (QED) is 0.308. The number of carbonyl (C=O) groups excluding carboxylic acids is 2. The summed E-state index contributed by atoms with van der Waals surface area (Å²) in [5, 5.41) is 0.834. The standard InChI is InChI=1S/C27H19ClF3N3O2/c1-14-6-8-15(9-7-14)24-23-18(17-4-2-3-5-20(17)32-23)13-22-25(35)34(26(36)33(22)24)21-12-16(27(29,30)31)10-11-19(21)28/h2-12,22,24,32H,13H2,1H3/t22-,24+/m0/s1. The zero-order valence-corrected chi connectivity index (χ0v) is 19.7. The molecule has 3 amide bonds. The Labute approximate surface area is 209 Å². The van der Waals surface area contributed by atoms with Crippen LogP contribution < -0.4 is 4.90 Å². The van der Waals surface area contributed by atoms with Gasteiger partial charge in [0, 0.05) is 23.0 Å². The first-order chi connectivity index (χ1) is 17.1. The first-order valence-corrected chi connectivity index (χ1v) is 11.7. The summed E-state index contributed by atoms with van der Waals surface area (Å²) < 4.78 is 40.3. The average Bonchev–Trinajstić information content (AvgIpc) is 3.33. The third kappa shape index (κ3) is 3.32. The molecule has 2 atom stereocenters. The fourth-order valence-electron chi connectivity index (χ4n) is 5.25. The number of aromatic amines is 1. The van der Waals surface area contributed by atoms with Gasteiger partial charge in [0.15, 0.2) is 0 Å². The van der Waals surface area contributed by atoms with Crippen molar-refractivity contribution in [3.8, 4) is 0 Å². The summed E-state index contributed by atoms with van der Waals surface area (Å²) in [6.45, 7) is 1.95. The van der Waals surface area contributed by atoms with Crippen LogP contribution in [0.15, 0.2) is 66.7 Å². The Morgan fingerprint density at radius 3 is 2.44 bits per heavy atom. The van der Waals surface area contributed by atoms with Gasteiger partial charge in [-0.1, -0.05) is 59.6 Å². The van der Waals surface area contributed by atoms with Crippen LogP contribution in [0, 0.1) is 6.92 Å². The van der Waals surface area contributed by atoms with Gasteiger partial charge in [-0.3, -0.25) is 9.69 Å². The summed E-state index contributed by atoms with van der Waals surface area (Å²) in [5.74, 6) is -0.603. The Bertz CT molecular complexity index is 1540. The Morgan fingerprint density at radius 1 is 1.00 bits per heavy atom. The summed E-state index contributed by atoms with van der Waals surface area (Å²) in [6.07, 6.45) is -4.42. The van der Waals surface area contributed by atoms with Crippen molar-refractivity contribution in [1.82, 2.24) is 9.88 Å². The summed E-state index contributed by atoms with van der Waals surface area (Å²) in [7, 11) is 0. The third-order valence-electron chi connectivity index (χ3n) is 6.96. The van der Waals surface area contributed by atoms with Crippen molar-refractivity contribution < 1.29 is 22.8 Å². The van der Waals surface area contributed by atoms with E-state index in [0.717, 1.165) is 56.4 Å². The first kappa shape index (κ1) is 22.7. The summed E-state index contributed by atoms with van der Waals surface area (Å²) >= 11 is 6.23. The van der Waals surface area contributed by atoms with E-state index in [9.17, 15) is 22.8 Å². The summed E-state index contributed by atoms with van der Waals surface area (Å²) in [5.41, 5.74) is 3.15. The van der Waals surface area contributed by atoms with E-state index in [0.29, 0.717) is 0 Å². The number of aromatic nitrogens is 1. The second-order valence-electron chi connectivity index (χ2n) is 9.12. The van der Waals surface area contributed by atoms with Crippen LogP contribution in [0.3, 0.4) is 0 Å². The maximum absolute atomic E-state index is 13.8. The number of carbonyl (C=O) groups is 2. The van der Waals surface area contributed by atoms with Crippen molar-refractivity contribution in [2.24, 2.45) is 0 Å². The lowest BCUT2D eigenvalue weighted by Crippen LogP contribution is -2.44. The molecule has 36 heavy (non-hydrogen) atoms. The second kappa shape index (κ2) is 7.86. The number of hydrogen-bond donors (Lipinski definition) is 1. The SMILES string of the molecule is Cc1ccc([C@@H]2c3[nH]c4ccccc4c3C[C@H]3C(=O)N(c4cc(C(F)(F)F)ccc4Cl)C(=O)N23)cc1. The molecule has 6 rings (SSSR count). The highest BCUT2D eigenvalue weighted by molar-refractivity contribution is 6.36. The van der Waals surface area contributed by atoms with Crippen LogP contribution in [-0.2, 0) is 17.4 Å². The van der Waals surface area contributed by atoms with Crippen molar-refractivity contribution in [2.45, 2.75) is 31.6 Å². The maximum atomic E-state index is 13.8. The number of alkyl halides is 3. The maximum Gasteiger partial charge on any atom is 0.416 e. The third-order valence-corrected chi connectivity index (χ3v) is 7.28. The van der Waals surface area contributed by atoms with Crippen LogP contribution in [0.25, 0.3) is 10.9 Å². The predicted octanol–water partition coefficient (Wildman–Crippen LogP) is 6.63. The summed E-state index contributed by atoms with van der Waals surface area (Å²) in [4.78, 5) is 33.2. The topological polar surface area (TPSA) is 56.4 Å². The molecule has 3 aromatic carbocycles. The number of fused-ring (bicyclic) bond motifs is 4. The molecule has 5 nitrogen and oxygen atoms in total. The molecule has 2 aliphatic rings. The van der Waals surface area contributed by atoms with Gasteiger partial charge in [-0.2, -0.15) is 13.2 Å². The number of nitrogens with zero attached hydrogens (tertiary/aromatic N) is 2. The number of aryl methyl sites for hydroxylation is 1. The van der Waals surface area contributed by atoms with Gasteiger partial charge in [-0.15, -0.1) is 0 Å². The van der Waals surface area contributed by atoms with Gasteiger partial charge in [-0.05, 0) is 42.3 Å². The minimum atomic E-state index is -4.65. The zero-order chi connectivity index (χ0) is 25.4. The molecule has 4 aromatic rings. The number of hydrogen-bond acceptors (Lipinski definition) is 2. The Balaban J connectivity index is 1.53. The van der Waals surface area contributed by atoms with Gasteiger partial charge < -0.3 is 4.98 Å². The zero-order valence-electron chi connectivity index (χ0n) is 18.9. The molecule has 182 valence electrons. The van der Waals surface area contributed by atoms with E-state index in [4.69, 9.17) is 11.6 Å². The van der Waals surface area contributed by atoms with Crippen LogP contribution in [0.2, 0.25) is 5.02 Å². The average molecular weight is 510 g/mol. The fourth-order valence-corrected chi connectivity index (χ4v) is 5.45. The lowest BCUT2D eigenvalue weighted by Gasteiger charge is -2.36. The minimum absolute atomic E-state index is 0.111. The molecule has 1 fully saturated rings. The smallest absolute Gasteiger partial charge is 0.356 e. The molecule has 0 radical (unpaired) electrons. The number of H-pyrrole nitrogens is 1. The number of nitrogens with one attached hydrogen (secondary N) is 1. The van der Waals surface area contributed by atoms with E-state index in [1.54, 1.807) is 0 Å². The molecule has 0 aliphatic carbocycles. The number of halogens is 4. The molecule has 9 heteroatoms. The highest BCUT2D eigenvalue weighted by Crippen LogP contribution is 2.46. The number of amides is 3. The number of urea groups is 1. The van der Waals surface area contributed by atoms with Crippen molar-refractivity contribution in [3.63, 3.8) is 0 Å². The van der Waals surface area contributed by atoms with E-state index in [1.165, 1.54) is 4.90 Å². The summed E-state index contributed by atoms with van der Waals surface area (Å²) in [6, 6.07) is 15.8.